The quantitative estimate of drug-likeness (QED) is 0.396. The third-order valence-corrected chi connectivity index (χ3v) is 6.25. The molecule has 0 spiro atoms. The molecule has 1 aliphatic rings. The third-order valence-electron chi connectivity index (χ3n) is 6.25. The summed E-state index contributed by atoms with van der Waals surface area (Å²) in [6.07, 6.45) is 1.85. The van der Waals surface area contributed by atoms with Crippen molar-refractivity contribution in [3.63, 3.8) is 0 Å². The molecule has 3 rings (SSSR count). The summed E-state index contributed by atoms with van der Waals surface area (Å²) in [5.41, 5.74) is 4.55. The number of alkyl carbamates (subject to hydrolysis) is 1. The Labute approximate surface area is 206 Å². The lowest BCUT2D eigenvalue weighted by atomic mass is 9.98. The number of methoxy groups -OCH3 is 1. The van der Waals surface area contributed by atoms with Crippen molar-refractivity contribution in [1.82, 2.24) is 10.6 Å². The zero-order valence-electron chi connectivity index (χ0n) is 20.3. The van der Waals surface area contributed by atoms with Gasteiger partial charge in [0.05, 0.1) is 0 Å². The molecule has 2 amide bonds. The largest absolute Gasteiger partial charge is 0.480 e. The summed E-state index contributed by atoms with van der Waals surface area (Å²) in [7, 11) is 1.47. The van der Waals surface area contributed by atoms with Gasteiger partial charge in [-0.25, -0.2) is 9.59 Å². The molecule has 0 saturated heterocycles. The number of ether oxygens (including phenoxy) is 2. The van der Waals surface area contributed by atoms with Gasteiger partial charge in [0.25, 0.3) is 0 Å². The van der Waals surface area contributed by atoms with Crippen molar-refractivity contribution in [2.75, 3.05) is 20.3 Å². The van der Waals surface area contributed by atoms with E-state index in [-0.39, 0.29) is 32.0 Å². The molecule has 8 heteroatoms. The van der Waals surface area contributed by atoms with E-state index < -0.39 is 30.1 Å². The van der Waals surface area contributed by atoms with Gasteiger partial charge in [0.2, 0.25) is 5.91 Å². The van der Waals surface area contributed by atoms with Crippen molar-refractivity contribution in [2.24, 2.45) is 0 Å². The molecule has 2 aromatic carbocycles. The van der Waals surface area contributed by atoms with Crippen LogP contribution >= 0.6 is 0 Å². The van der Waals surface area contributed by atoms with Crippen molar-refractivity contribution < 1.29 is 29.0 Å². The van der Waals surface area contributed by atoms with Crippen LogP contribution in [0, 0.1) is 0 Å². The van der Waals surface area contributed by atoms with Crippen LogP contribution < -0.4 is 10.6 Å². The van der Waals surface area contributed by atoms with E-state index in [0.29, 0.717) is 6.42 Å². The van der Waals surface area contributed by atoms with Gasteiger partial charge in [0, 0.05) is 38.5 Å². The molecule has 0 heterocycles. The zero-order chi connectivity index (χ0) is 25.2. The molecule has 3 N–H and O–H groups in total. The Balaban J connectivity index is 1.59. The molecule has 2 aromatic rings. The van der Waals surface area contributed by atoms with E-state index in [1.165, 1.54) is 7.11 Å². The van der Waals surface area contributed by atoms with Gasteiger partial charge in [-0.15, -0.1) is 0 Å². The Kier molecular flexibility index (Phi) is 9.66. The number of carboxylic acids is 1. The summed E-state index contributed by atoms with van der Waals surface area (Å²) in [4.78, 5) is 36.6. The number of carbonyl (C=O) groups is 3. The first-order chi connectivity index (χ1) is 16.9. The molecule has 8 nitrogen and oxygen atoms in total. The van der Waals surface area contributed by atoms with Crippen molar-refractivity contribution in [1.29, 1.82) is 0 Å². The average Bonchev–Trinajstić information content (AvgIpc) is 3.17. The van der Waals surface area contributed by atoms with Crippen LogP contribution in [0.1, 0.15) is 56.1 Å². The first-order valence-corrected chi connectivity index (χ1v) is 12.1. The van der Waals surface area contributed by atoms with Crippen LogP contribution in [0.5, 0.6) is 0 Å². The van der Waals surface area contributed by atoms with Gasteiger partial charge in [-0.2, -0.15) is 0 Å². The molecule has 0 bridgehead atoms. The molecule has 2 unspecified atom stereocenters. The second kappa shape index (κ2) is 12.9. The maximum atomic E-state index is 12.7. The fourth-order valence-corrected chi connectivity index (χ4v) is 4.45. The van der Waals surface area contributed by atoms with E-state index in [1.807, 2.05) is 31.2 Å². The summed E-state index contributed by atoms with van der Waals surface area (Å²) < 4.78 is 10.5. The average molecular weight is 483 g/mol. The first kappa shape index (κ1) is 26.2. The van der Waals surface area contributed by atoms with E-state index >= 15 is 0 Å². The predicted octanol–water partition coefficient (Wildman–Crippen LogP) is 4.08. The van der Waals surface area contributed by atoms with Gasteiger partial charge in [-0.1, -0.05) is 68.3 Å². The molecule has 2 atom stereocenters. The number of hydrogen-bond donors (Lipinski definition) is 3. The summed E-state index contributed by atoms with van der Waals surface area (Å²) >= 11 is 0. The van der Waals surface area contributed by atoms with Crippen LogP contribution in [0.4, 0.5) is 4.79 Å². The highest BCUT2D eigenvalue weighted by atomic mass is 16.5. The SMILES string of the molecule is CCCCC(CC(=O)NC(CCOC)C(=O)O)NC(=O)OCC1c2ccccc2-c2ccccc21. The number of carbonyl (C=O) groups excluding carboxylic acids is 2. The van der Waals surface area contributed by atoms with Gasteiger partial charge in [0.1, 0.15) is 12.6 Å². The fraction of sp³-hybridized carbons (Fsp3) is 0.444. The van der Waals surface area contributed by atoms with Crippen LogP contribution in [0.2, 0.25) is 0 Å². The first-order valence-electron chi connectivity index (χ1n) is 12.1. The maximum Gasteiger partial charge on any atom is 0.407 e. The molecule has 0 aromatic heterocycles. The van der Waals surface area contributed by atoms with E-state index in [4.69, 9.17) is 9.47 Å². The van der Waals surface area contributed by atoms with E-state index in [1.54, 1.807) is 0 Å². The lowest BCUT2D eigenvalue weighted by Crippen LogP contribution is -2.45. The number of amides is 2. The molecule has 35 heavy (non-hydrogen) atoms. The second-order valence-electron chi connectivity index (χ2n) is 8.75. The standard InChI is InChI=1S/C27H34N2O6/c1-3-4-9-18(16-25(30)29-24(26(31)32)14-15-34-2)28-27(33)35-17-23-21-12-7-5-10-19(21)20-11-6-8-13-22(20)23/h5-8,10-13,18,23-24H,3-4,9,14-17H2,1-2H3,(H,28,33)(H,29,30)(H,31,32). The second-order valence-corrected chi connectivity index (χ2v) is 8.75. The molecule has 0 radical (unpaired) electrons. The highest BCUT2D eigenvalue weighted by Gasteiger charge is 2.29. The lowest BCUT2D eigenvalue weighted by molar-refractivity contribution is -0.142. The van der Waals surface area contributed by atoms with Gasteiger partial charge in [0.15, 0.2) is 0 Å². The Morgan fingerprint density at radius 1 is 0.971 bits per heavy atom. The monoisotopic (exact) mass is 482 g/mol. The third kappa shape index (κ3) is 7.05. The van der Waals surface area contributed by atoms with E-state index in [0.717, 1.165) is 35.1 Å². The van der Waals surface area contributed by atoms with Gasteiger partial charge < -0.3 is 25.2 Å². The predicted molar refractivity (Wildman–Crippen MR) is 132 cm³/mol. The number of unbranched alkanes of at least 4 members (excludes halogenated alkanes) is 1. The zero-order valence-corrected chi connectivity index (χ0v) is 20.3. The van der Waals surface area contributed by atoms with Crippen molar-refractivity contribution >= 4 is 18.0 Å². The van der Waals surface area contributed by atoms with Crippen LogP contribution in [0.15, 0.2) is 48.5 Å². The Morgan fingerprint density at radius 2 is 1.60 bits per heavy atom. The number of fused-ring (bicyclic) bond motifs is 3. The number of rotatable bonds is 13. The highest BCUT2D eigenvalue weighted by molar-refractivity contribution is 5.84. The number of hydrogen-bond acceptors (Lipinski definition) is 5. The Hall–Kier alpha value is -3.39. The number of aliphatic carboxylic acids is 1. The molecule has 188 valence electrons. The molecule has 0 aliphatic heterocycles. The topological polar surface area (TPSA) is 114 Å². The minimum absolute atomic E-state index is 0.0268. The van der Waals surface area contributed by atoms with Crippen LogP contribution in [-0.2, 0) is 19.1 Å². The van der Waals surface area contributed by atoms with Crippen LogP contribution in [0.25, 0.3) is 11.1 Å². The van der Waals surface area contributed by atoms with Crippen molar-refractivity contribution in [3.05, 3.63) is 59.7 Å². The molecule has 0 fully saturated rings. The van der Waals surface area contributed by atoms with E-state index in [2.05, 4.69) is 34.9 Å². The maximum absolute atomic E-state index is 12.7. The van der Waals surface area contributed by atoms with Crippen LogP contribution in [-0.4, -0.2) is 55.5 Å². The summed E-state index contributed by atoms with van der Waals surface area (Å²) in [6, 6.07) is 14.7. The number of nitrogens with one attached hydrogen (secondary N) is 2. The van der Waals surface area contributed by atoms with Gasteiger partial charge in [-0.3, -0.25) is 4.79 Å². The number of carboxylic acid groups (broad SMARTS) is 1. The molecule has 1 aliphatic carbocycles. The Bertz CT molecular complexity index is 979. The Morgan fingerprint density at radius 3 is 2.17 bits per heavy atom. The smallest absolute Gasteiger partial charge is 0.407 e. The number of benzene rings is 2. The minimum Gasteiger partial charge on any atom is -0.480 e. The normalized spacial score (nSPS) is 13.9. The molecular weight excluding hydrogens is 448 g/mol. The molecule has 0 saturated carbocycles. The van der Waals surface area contributed by atoms with Gasteiger partial charge >= 0.3 is 12.1 Å². The highest BCUT2D eigenvalue weighted by Crippen LogP contribution is 2.44. The fourth-order valence-electron chi connectivity index (χ4n) is 4.45. The lowest BCUT2D eigenvalue weighted by Gasteiger charge is -2.21. The van der Waals surface area contributed by atoms with E-state index in [9.17, 15) is 19.5 Å². The summed E-state index contributed by atoms with van der Waals surface area (Å²) in [5.74, 6) is -1.61. The van der Waals surface area contributed by atoms with Crippen LogP contribution in [0.3, 0.4) is 0 Å². The summed E-state index contributed by atoms with van der Waals surface area (Å²) in [5, 5.41) is 14.6. The minimum atomic E-state index is -1.12. The van der Waals surface area contributed by atoms with Crippen molar-refractivity contribution in [2.45, 2.75) is 57.0 Å². The summed E-state index contributed by atoms with van der Waals surface area (Å²) in [6.45, 7) is 2.43. The molecular formula is C27H34N2O6. The van der Waals surface area contributed by atoms with Gasteiger partial charge in [-0.05, 0) is 28.7 Å². The van der Waals surface area contributed by atoms with Crippen molar-refractivity contribution in [3.8, 4) is 11.1 Å².